The van der Waals surface area contributed by atoms with E-state index in [0.29, 0.717) is 10.8 Å². The highest BCUT2D eigenvalue weighted by Gasteiger charge is 2.36. The second-order valence-electron chi connectivity index (χ2n) is 4.66. The lowest BCUT2D eigenvalue weighted by Gasteiger charge is -2.40. The van der Waals surface area contributed by atoms with Crippen molar-refractivity contribution in [3.05, 3.63) is 28.8 Å². The van der Waals surface area contributed by atoms with Crippen LogP contribution in [0.5, 0.6) is 5.75 Å². The lowest BCUT2D eigenvalue weighted by Crippen LogP contribution is -2.35. The fourth-order valence-corrected chi connectivity index (χ4v) is 2.60. The molecule has 1 aromatic rings. The maximum absolute atomic E-state index is 9.41. The molecule has 1 aliphatic carbocycles. The predicted octanol–water partition coefficient (Wildman–Crippen LogP) is 3.05. The maximum atomic E-state index is 9.41. The summed E-state index contributed by atoms with van der Waals surface area (Å²) in [5, 5.41) is 10.1. The molecule has 0 heterocycles. The van der Waals surface area contributed by atoms with Gasteiger partial charge in [-0.2, -0.15) is 0 Å². The molecule has 0 amide bonds. The van der Waals surface area contributed by atoms with Crippen molar-refractivity contribution >= 4 is 11.6 Å². The van der Waals surface area contributed by atoms with Gasteiger partial charge in [0.2, 0.25) is 0 Å². The second kappa shape index (κ2) is 4.64. The molecule has 0 aromatic heterocycles. The van der Waals surface area contributed by atoms with Gasteiger partial charge in [0.15, 0.2) is 0 Å². The topological polar surface area (TPSA) is 29.5 Å². The van der Waals surface area contributed by atoms with Crippen molar-refractivity contribution in [1.29, 1.82) is 0 Å². The zero-order valence-electron chi connectivity index (χ0n) is 9.50. The highest BCUT2D eigenvalue weighted by molar-refractivity contribution is 6.32. The van der Waals surface area contributed by atoms with Crippen LogP contribution in [0.1, 0.15) is 24.8 Å². The maximum Gasteiger partial charge on any atom is 0.137 e. The molecule has 1 N–H and O–H groups in total. The van der Waals surface area contributed by atoms with Crippen LogP contribution in [0.3, 0.4) is 0 Å². The lowest BCUT2D eigenvalue weighted by atomic mass is 9.66. The quantitative estimate of drug-likeness (QED) is 0.877. The molecule has 2 rings (SSSR count). The third-order valence-electron chi connectivity index (χ3n) is 3.54. The van der Waals surface area contributed by atoms with Crippen molar-refractivity contribution < 1.29 is 9.84 Å². The van der Waals surface area contributed by atoms with Crippen molar-refractivity contribution in [1.82, 2.24) is 0 Å². The number of ether oxygens (including phenoxy) is 1. The Labute approximate surface area is 101 Å². The Morgan fingerprint density at radius 2 is 2.19 bits per heavy atom. The molecular formula is C13H17ClO2. The van der Waals surface area contributed by atoms with E-state index in [2.05, 4.69) is 0 Å². The first-order chi connectivity index (χ1) is 7.69. The first kappa shape index (κ1) is 11.7. The number of hydrogen-bond acceptors (Lipinski definition) is 2. The first-order valence-corrected chi connectivity index (χ1v) is 6.00. The molecule has 0 unspecified atom stereocenters. The van der Waals surface area contributed by atoms with Gasteiger partial charge in [0.25, 0.3) is 0 Å². The van der Waals surface area contributed by atoms with Gasteiger partial charge >= 0.3 is 0 Å². The van der Waals surface area contributed by atoms with Gasteiger partial charge in [-0.1, -0.05) is 24.1 Å². The fourth-order valence-electron chi connectivity index (χ4n) is 2.32. The van der Waals surface area contributed by atoms with Gasteiger partial charge in [0.1, 0.15) is 5.75 Å². The van der Waals surface area contributed by atoms with Crippen molar-refractivity contribution in [3.8, 4) is 5.75 Å². The van der Waals surface area contributed by atoms with E-state index in [9.17, 15) is 5.11 Å². The van der Waals surface area contributed by atoms with Gasteiger partial charge in [0, 0.05) is 6.61 Å². The van der Waals surface area contributed by atoms with Gasteiger partial charge in [-0.05, 0) is 42.4 Å². The summed E-state index contributed by atoms with van der Waals surface area (Å²) in [6, 6.07) is 5.86. The summed E-state index contributed by atoms with van der Waals surface area (Å²) in [7, 11) is 1.61. The normalized spacial score (nSPS) is 17.9. The van der Waals surface area contributed by atoms with Crippen molar-refractivity contribution in [3.63, 3.8) is 0 Å². The van der Waals surface area contributed by atoms with Crippen LogP contribution in [-0.4, -0.2) is 18.8 Å². The molecule has 0 saturated heterocycles. The van der Waals surface area contributed by atoms with E-state index >= 15 is 0 Å². The minimum Gasteiger partial charge on any atom is -0.495 e. The van der Waals surface area contributed by atoms with Gasteiger partial charge in [-0.15, -0.1) is 0 Å². The Bertz CT molecular complexity index is 367. The van der Waals surface area contributed by atoms with E-state index in [-0.39, 0.29) is 12.0 Å². The Morgan fingerprint density at radius 3 is 2.62 bits per heavy atom. The van der Waals surface area contributed by atoms with Crippen molar-refractivity contribution in [2.45, 2.75) is 25.7 Å². The van der Waals surface area contributed by atoms with E-state index in [4.69, 9.17) is 16.3 Å². The predicted molar refractivity (Wildman–Crippen MR) is 65.1 cm³/mol. The van der Waals surface area contributed by atoms with Crippen LogP contribution in [0.4, 0.5) is 0 Å². The number of aliphatic hydroxyl groups excluding tert-OH is 1. The van der Waals surface area contributed by atoms with E-state index in [1.54, 1.807) is 7.11 Å². The minimum atomic E-state index is 0.109. The number of benzene rings is 1. The molecule has 2 nitrogen and oxygen atoms in total. The molecular weight excluding hydrogens is 224 g/mol. The SMILES string of the molecule is COc1ccc(CC2(CO)CCC2)cc1Cl. The Morgan fingerprint density at radius 1 is 1.44 bits per heavy atom. The van der Waals surface area contributed by atoms with Gasteiger partial charge in [-0.25, -0.2) is 0 Å². The Balaban J connectivity index is 2.13. The van der Waals surface area contributed by atoms with Crippen LogP contribution >= 0.6 is 11.6 Å². The van der Waals surface area contributed by atoms with Crippen LogP contribution in [0.25, 0.3) is 0 Å². The number of halogens is 1. The Hall–Kier alpha value is -0.730. The molecule has 1 aromatic carbocycles. The second-order valence-corrected chi connectivity index (χ2v) is 5.06. The monoisotopic (exact) mass is 240 g/mol. The third-order valence-corrected chi connectivity index (χ3v) is 3.84. The Kier molecular flexibility index (Phi) is 3.41. The average Bonchev–Trinajstić information content (AvgIpc) is 2.24. The zero-order valence-corrected chi connectivity index (χ0v) is 10.3. The molecule has 0 atom stereocenters. The number of rotatable bonds is 4. The molecule has 1 aliphatic rings. The van der Waals surface area contributed by atoms with Gasteiger partial charge in [-0.3, -0.25) is 0 Å². The molecule has 3 heteroatoms. The van der Waals surface area contributed by atoms with Crippen molar-refractivity contribution in [2.75, 3.05) is 13.7 Å². The highest BCUT2D eigenvalue weighted by atomic mass is 35.5. The highest BCUT2D eigenvalue weighted by Crippen LogP contribution is 2.43. The number of hydrogen-bond donors (Lipinski definition) is 1. The number of methoxy groups -OCH3 is 1. The zero-order chi connectivity index (χ0) is 11.6. The molecule has 1 fully saturated rings. The molecule has 0 bridgehead atoms. The molecule has 16 heavy (non-hydrogen) atoms. The van der Waals surface area contributed by atoms with E-state index in [1.807, 2.05) is 18.2 Å². The minimum absolute atomic E-state index is 0.109. The van der Waals surface area contributed by atoms with Crippen molar-refractivity contribution in [2.24, 2.45) is 5.41 Å². The molecule has 0 aliphatic heterocycles. The standard InChI is InChI=1S/C13H17ClO2/c1-16-12-4-3-10(7-11(12)14)8-13(9-15)5-2-6-13/h3-4,7,15H,2,5-6,8-9H2,1H3. The summed E-state index contributed by atoms with van der Waals surface area (Å²) in [6.45, 7) is 0.274. The molecule has 0 spiro atoms. The number of aliphatic hydroxyl groups is 1. The lowest BCUT2D eigenvalue weighted by molar-refractivity contribution is 0.0450. The van der Waals surface area contributed by atoms with E-state index < -0.39 is 0 Å². The van der Waals surface area contributed by atoms with Crippen LogP contribution in [0, 0.1) is 5.41 Å². The first-order valence-electron chi connectivity index (χ1n) is 5.62. The molecule has 0 radical (unpaired) electrons. The van der Waals surface area contributed by atoms with E-state index in [1.165, 1.54) is 12.0 Å². The summed E-state index contributed by atoms with van der Waals surface area (Å²) in [5.41, 5.74) is 1.29. The van der Waals surface area contributed by atoms with Crippen LogP contribution in [0.15, 0.2) is 18.2 Å². The van der Waals surface area contributed by atoms with Crippen LogP contribution in [-0.2, 0) is 6.42 Å². The summed E-state index contributed by atoms with van der Waals surface area (Å²) in [5.74, 6) is 0.706. The van der Waals surface area contributed by atoms with Crippen LogP contribution < -0.4 is 4.74 Å². The van der Waals surface area contributed by atoms with Crippen LogP contribution in [0.2, 0.25) is 5.02 Å². The molecule has 1 saturated carbocycles. The molecule has 88 valence electrons. The largest absolute Gasteiger partial charge is 0.495 e. The smallest absolute Gasteiger partial charge is 0.137 e. The third kappa shape index (κ3) is 2.18. The summed E-state index contributed by atoms with van der Waals surface area (Å²) < 4.78 is 5.12. The average molecular weight is 241 g/mol. The van der Waals surface area contributed by atoms with Gasteiger partial charge < -0.3 is 9.84 Å². The van der Waals surface area contributed by atoms with E-state index in [0.717, 1.165) is 19.3 Å². The summed E-state index contributed by atoms with van der Waals surface area (Å²) in [6.07, 6.45) is 4.37. The fraction of sp³-hybridized carbons (Fsp3) is 0.538. The summed E-state index contributed by atoms with van der Waals surface area (Å²) >= 11 is 6.08. The van der Waals surface area contributed by atoms with Gasteiger partial charge in [0.05, 0.1) is 12.1 Å². The summed E-state index contributed by atoms with van der Waals surface area (Å²) in [4.78, 5) is 0.